The average molecular weight is 656 g/mol. The Morgan fingerprint density at radius 1 is 0.978 bits per heavy atom. The number of imidazole rings is 1. The molecule has 5 aromatic rings. The number of hydrogen-bond acceptors (Lipinski definition) is 6. The van der Waals surface area contributed by atoms with Crippen LogP contribution in [0, 0.1) is 6.92 Å². The number of pyridine rings is 1. The van der Waals surface area contributed by atoms with Crippen molar-refractivity contribution in [1.29, 1.82) is 0 Å². The van der Waals surface area contributed by atoms with Crippen LogP contribution in [0.5, 0.6) is 0 Å². The fourth-order valence-corrected chi connectivity index (χ4v) is 6.51. The first-order valence-electron chi connectivity index (χ1n) is 13.9. The summed E-state index contributed by atoms with van der Waals surface area (Å²) in [6.07, 6.45) is -3.04. The first-order valence-corrected chi connectivity index (χ1v) is 15.7. The van der Waals surface area contributed by atoms with Crippen molar-refractivity contribution in [3.05, 3.63) is 118 Å². The van der Waals surface area contributed by atoms with E-state index in [0.29, 0.717) is 46.2 Å². The molecule has 0 aliphatic heterocycles. The largest absolute Gasteiger partial charge is 0.529 e. The van der Waals surface area contributed by atoms with Crippen molar-refractivity contribution in [2.75, 3.05) is 6.54 Å². The minimum absolute atomic E-state index is 0.0573. The van der Waals surface area contributed by atoms with Gasteiger partial charge in [-0.05, 0) is 80.3 Å². The molecule has 0 saturated carbocycles. The van der Waals surface area contributed by atoms with Crippen molar-refractivity contribution in [3.63, 3.8) is 0 Å². The minimum atomic E-state index is -4.65. The van der Waals surface area contributed by atoms with E-state index in [9.17, 15) is 31.5 Å². The van der Waals surface area contributed by atoms with Gasteiger partial charge in [0.05, 0.1) is 26.5 Å². The van der Waals surface area contributed by atoms with Crippen LogP contribution in [0.25, 0.3) is 16.7 Å². The van der Waals surface area contributed by atoms with E-state index in [1.54, 1.807) is 54.1 Å². The van der Waals surface area contributed by atoms with Crippen LogP contribution in [0.4, 0.5) is 18.0 Å². The van der Waals surface area contributed by atoms with Crippen LogP contribution in [0.1, 0.15) is 34.6 Å². The molecule has 0 spiro atoms. The predicted octanol–water partition coefficient (Wildman–Crippen LogP) is 6.15. The summed E-state index contributed by atoms with van der Waals surface area (Å²) in [7, 11) is -4.35. The molecule has 2 aromatic heterocycles. The molecule has 0 radical (unpaired) electrons. The van der Waals surface area contributed by atoms with Crippen molar-refractivity contribution < 1.29 is 31.5 Å². The number of aryl methyl sites for hydroxylation is 3. The quantitative estimate of drug-likeness (QED) is 0.179. The molecule has 13 heteroatoms. The van der Waals surface area contributed by atoms with E-state index in [2.05, 4.69) is 9.97 Å². The van der Waals surface area contributed by atoms with Gasteiger partial charge in [0, 0.05) is 30.5 Å². The number of benzene rings is 3. The Morgan fingerprint density at radius 3 is 2.31 bits per heavy atom. The third-order valence-corrected chi connectivity index (χ3v) is 9.38. The van der Waals surface area contributed by atoms with E-state index < -0.39 is 32.9 Å². The van der Waals surface area contributed by atoms with Gasteiger partial charge < -0.3 is 9.90 Å². The SMILES string of the molecule is Cc1ccc(S(=O)(=O)N(CCc2ccc(-n3c(CCCc4ccccn4)nc4cc(C(F)(F)F)c(Cl)cc43)cc2)C(=O)[O-])cc1. The van der Waals surface area contributed by atoms with Crippen molar-refractivity contribution in [1.82, 2.24) is 18.8 Å². The molecular weight excluding hydrogens is 629 g/mol. The number of alkyl halides is 3. The Labute approximate surface area is 262 Å². The van der Waals surface area contributed by atoms with Gasteiger partial charge in [-0.25, -0.2) is 13.4 Å². The lowest BCUT2D eigenvalue weighted by Crippen LogP contribution is -2.45. The maximum absolute atomic E-state index is 13.6. The highest BCUT2D eigenvalue weighted by molar-refractivity contribution is 7.89. The van der Waals surface area contributed by atoms with Gasteiger partial charge in [0.25, 0.3) is 10.0 Å². The Hall–Kier alpha value is -4.42. The van der Waals surface area contributed by atoms with Crippen LogP contribution >= 0.6 is 11.6 Å². The molecule has 0 fully saturated rings. The average Bonchev–Trinajstić information content (AvgIpc) is 3.34. The van der Waals surface area contributed by atoms with E-state index in [-0.39, 0.29) is 23.4 Å². The number of rotatable bonds is 10. The van der Waals surface area contributed by atoms with Gasteiger partial charge in [-0.1, -0.05) is 47.5 Å². The number of amides is 1. The van der Waals surface area contributed by atoms with Crippen LogP contribution in [0.15, 0.2) is 90.0 Å². The summed E-state index contributed by atoms with van der Waals surface area (Å²) in [5.41, 5.74) is 2.46. The molecule has 2 heterocycles. The van der Waals surface area contributed by atoms with Crippen LogP contribution in [0.3, 0.4) is 0 Å². The number of nitrogens with zero attached hydrogens (tertiary/aromatic N) is 4. The summed E-state index contributed by atoms with van der Waals surface area (Å²) in [6.45, 7) is 1.41. The molecule has 0 N–H and O–H groups in total. The Kier molecular flexibility index (Phi) is 9.17. The van der Waals surface area contributed by atoms with E-state index in [1.165, 1.54) is 18.2 Å². The van der Waals surface area contributed by atoms with Crippen LogP contribution < -0.4 is 5.11 Å². The molecule has 3 aromatic carbocycles. The number of aromatic nitrogens is 3. The summed E-state index contributed by atoms with van der Waals surface area (Å²) in [5.74, 6) is 0.524. The highest BCUT2D eigenvalue weighted by atomic mass is 35.5. The van der Waals surface area contributed by atoms with E-state index in [4.69, 9.17) is 11.6 Å². The second-order valence-electron chi connectivity index (χ2n) is 10.4. The first-order chi connectivity index (χ1) is 21.3. The lowest BCUT2D eigenvalue weighted by Gasteiger charge is -2.24. The van der Waals surface area contributed by atoms with Gasteiger partial charge >= 0.3 is 6.18 Å². The number of halogens is 4. The predicted molar refractivity (Wildman–Crippen MR) is 162 cm³/mol. The lowest BCUT2D eigenvalue weighted by molar-refractivity contribution is -0.259. The Balaban J connectivity index is 1.42. The molecule has 0 bridgehead atoms. The summed E-state index contributed by atoms with van der Waals surface area (Å²) >= 11 is 6.08. The van der Waals surface area contributed by atoms with Crippen molar-refractivity contribution >= 4 is 38.8 Å². The molecule has 8 nitrogen and oxygen atoms in total. The van der Waals surface area contributed by atoms with Crippen molar-refractivity contribution in [2.45, 2.75) is 43.7 Å². The molecule has 5 rings (SSSR count). The van der Waals surface area contributed by atoms with Gasteiger partial charge in [0.15, 0.2) is 6.09 Å². The number of carboxylic acid groups (broad SMARTS) is 1. The van der Waals surface area contributed by atoms with E-state index >= 15 is 0 Å². The van der Waals surface area contributed by atoms with Gasteiger partial charge in [-0.2, -0.15) is 13.2 Å². The first kappa shape index (κ1) is 32.0. The fraction of sp³-hybridized carbons (Fsp3) is 0.219. The normalized spacial score (nSPS) is 12.0. The van der Waals surface area contributed by atoms with Gasteiger partial charge in [0.2, 0.25) is 0 Å². The second kappa shape index (κ2) is 12.9. The van der Waals surface area contributed by atoms with Crippen LogP contribution in [-0.4, -0.2) is 39.9 Å². The zero-order valence-electron chi connectivity index (χ0n) is 24.0. The number of carbonyl (C=O) groups excluding carboxylic acids is 1. The van der Waals surface area contributed by atoms with Gasteiger partial charge in [0.1, 0.15) is 5.82 Å². The van der Waals surface area contributed by atoms with Gasteiger partial charge in [-0.3, -0.25) is 13.9 Å². The molecule has 0 aliphatic rings. The monoisotopic (exact) mass is 655 g/mol. The molecular formula is C32H27ClF3N4O4S-. The topological polar surface area (TPSA) is 108 Å². The van der Waals surface area contributed by atoms with Crippen molar-refractivity contribution in [2.24, 2.45) is 0 Å². The van der Waals surface area contributed by atoms with Crippen LogP contribution in [-0.2, 0) is 35.5 Å². The summed E-state index contributed by atoms with van der Waals surface area (Å²) < 4.78 is 68.8. The highest BCUT2D eigenvalue weighted by Crippen LogP contribution is 2.38. The molecule has 1 amide bonds. The third-order valence-electron chi connectivity index (χ3n) is 7.29. The smallest absolute Gasteiger partial charge is 0.417 e. The number of fused-ring (bicyclic) bond motifs is 1. The molecule has 234 valence electrons. The number of hydrogen-bond donors (Lipinski definition) is 0. The summed E-state index contributed by atoms with van der Waals surface area (Å²) in [4.78, 5) is 20.5. The zero-order valence-corrected chi connectivity index (χ0v) is 25.5. The number of sulfonamides is 1. The molecule has 0 aliphatic carbocycles. The van der Waals surface area contributed by atoms with Crippen LogP contribution in [0.2, 0.25) is 5.02 Å². The number of carbonyl (C=O) groups is 1. The maximum atomic E-state index is 13.6. The molecule has 45 heavy (non-hydrogen) atoms. The van der Waals surface area contributed by atoms with Gasteiger partial charge in [-0.15, -0.1) is 0 Å². The molecule has 0 unspecified atom stereocenters. The van der Waals surface area contributed by atoms with Crippen molar-refractivity contribution in [3.8, 4) is 5.69 Å². The minimum Gasteiger partial charge on any atom is -0.529 e. The van der Waals surface area contributed by atoms with E-state index in [0.717, 1.165) is 17.3 Å². The summed E-state index contributed by atoms with van der Waals surface area (Å²) in [5, 5.41) is 11.4. The standard InChI is InChI=1S/C32H28ClF3N4O4S/c1-21-8-14-25(15-9-21)45(43,44)39(31(41)42)18-16-22-10-12-24(13-11-22)40-29-20-27(33)26(32(34,35)36)19-28(29)38-30(40)7-4-6-23-5-2-3-17-37-23/h2-3,5,8-15,17,19-20H,4,6-7,16,18H2,1H3,(H,41,42)/p-1. The van der Waals surface area contributed by atoms with E-state index in [1.807, 2.05) is 18.2 Å². The maximum Gasteiger partial charge on any atom is 0.417 e. The Morgan fingerprint density at radius 2 is 1.69 bits per heavy atom. The zero-order chi connectivity index (χ0) is 32.4. The lowest BCUT2D eigenvalue weighted by atomic mass is 10.1. The Bertz CT molecular complexity index is 1930. The second-order valence-corrected chi connectivity index (χ2v) is 12.7. The third kappa shape index (κ3) is 7.12. The molecule has 0 saturated heterocycles. The summed E-state index contributed by atoms with van der Waals surface area (Å²) in [6, 6.07) is 20.4. The molecule has 0 atom stereocenters. The highest BCUT2D eigenvalue weighted by Gasteiger charge is 2.34. The fourth-order valence-electron chi connectivity index (χ4n) is 4.98.